The van der Waals surface area contributed by atoms with Crippen molar-refractivity contribution < 1.29 is 9.59 Å². The van der Waals surface area contributed by atoms with Crippen LogP contribution in [0.1, 0.15) is 25.3 Å². The van der Waals surface area contributed by atoms with Crippen LogP contribution in [0.15, 0.2) is 30.3 Å². The number of hydrogen-bond acceptors (Lipinski definition) is 4. The smallest absolute Gasteiger partial charge is 0.234 e. The molecule has 2 heterocycles. The van der Waals surface area contributed by atoms with Crippen LogP contribution in [0.3, 0.4) is 0 Å². The molecule has 1 aromatic rings. The van der Waals surface area contributed by atoms with E-state index in [0.29, 0.717) is 6.54 Å². The van der Waals surface area contributed by atoms with Crippen LogP contribution in [0.25, 0.3) is 0 Å². The SMILES string of the molecule is CC(=O)N1CCN(CC(=O)NC2CCN(Cc3ccccc3)CC2)CC1. The number of nitrogens with one attached hydrogen (secondary N) is 1. The zero-order chi connectivity index (χ0) is 18.4. The number of benzene rings is 1. The van der Waals surface area contributed by atoms with Crippen molar-refractivity contribution in [2.24, 2.45) is 0 Å². The third-order valence-electron chi connectivity index (χ3n) is 5.39. The normalized spacial score (nSPS) is 20.1. The summed E-state index contributed by atoms with van der Waals surface area (Å²) in [5.74, 6) is 0.235. The first-order valence-corrected chi connectivity index (χ1v) is 9.63. The molecule has 2 saturated heterocycles. The summed E-state index contributed by atoms with van der Waals surface area (Å²) in [6.45, 7) is 8.09. The molecule has 0 spiro atoms. The zero-order valence-corrected chi connectivity index (χ0v) is 15.7. The van der Waals surface area contributed by atoms with Crippen LogP contribution < -0.4 is 5.32 Å². The van der Waals surface area contributed by atoms with E-state index in [9.17, 15) is 9.59 Å². The number of hydrogen-bond donors (Lipinski definition) is 1. The molecule has 0 radical (unpaired) electrons. The summed E-state index contributed by atoms with van der Waals surface area (Å²) in [7, 11) is 0. The molecular formula is C20H30N4O2. The van der Waals surface area contributed by atoms with Gasteiger partial charge in [0, 0.05) is 58.8 Å². The summed E-state index contributed by atoms with van der Waals surface area (Å²) < 4.78 is 0. The van der Waals surface area contributed by atoms with Crippen molar-refractivity contribution in [3.8, 4) is 0 Å². The Hall–Kier alpha value is -1.92. The van der Waals surface area contributed by atoms with E-state index in [1.165, 1.54) is 5.56 Å². The van der Waals surface area contributed by atoms with Crippen molar-refractivity contribution in [2.75, 3.05) is 45.8 Å². The average Bonchev–Trinajstić information content (AvgIpc) is 2.64. The predicted octanol–water partition coefficient (Wildman–Crippen LogP) is 0.931. The number of amides is 2. The number of carbonyl (C=O) groups excluding carboxylic acids is 2. The van der Waals surface area contributed by atoms with Gasteiger partial charge < -0.3 is 10.2 Å². The van der Waals surface area contributed by atoms with Gasteiger partial charge in [-0.05, 0) is 18.4 Å². The lowest BCUT2D eigenvalue weighted by atomic mass is 10.0. The Morgan fingerprint density at radius 1 is 0.962 bits per heavy atom. The molecule has 0 unspecified atom stereocenters. The monoisotopic (exact) mass is 358 g/mol. The van der Waals surface area contributed by atoms with Crippen molar-refractivity contribution in [3.05, 3.63) is 35.9 Å². The number of likely N-dealkylation sites (tertiary alicyclic amines) is 1. The van der Waals surface area contributed by atoms with Crippen LogP contribution in [-0.2, 0) is 16.1 Å². The van der Waals surface area contributed by atoms with Crippen molar-refractivity contribution >= 4 is 11.8 Å². The summed E-state index contributed by atoms with van der Waals surface area (Å²) in [5, 5.41) is 3.20. The fourth-order valence-electron chi connectivity index (χ4n) is 3.77. The highest BCUT2D eigenvalue weighted by Gasteiger charge is 2.23. The van der Waals surface area contributed by atoms with Gasteiger partial charge in [-0.1, -0.05) is 30.3 Å². The Kier molecular flexibility index (Phi) is 6.63. The largest absolute Gasteiger partial charge is 0.352 e. The van der Waals surface area contributed by atoms with E-state index in [1.54, 1.807) is 6.92 Å². The van der Waals surface area contributed by atoms with E-state index in [4.69, 9.17) is 0 Å². The topological polar surface area (TPSA) is 55.9 Å². The van der Waals surface area contributed by atoms with Crippen molar-refractivity contribution in [2.45, 2.75) is 32.4 Å². The highest BCUT2D eigenvalue weighted by Crippen LogP contribution is 2.14. The Morgan fingerprint density at radius 3 is 2.23 bits per heavy atom. The van der Waals surface area contributed by atoms with E-state index in [1.807, 2.05) is 11.0 Å². The number of nitrogens with zero attached hydrogens (tertiary/aromatic N) is 3. The van der Waals surface area contributed by atoms with Gasteiger partial charge in [-0.25, -0.2) is 0 Å². The minimum absolute atomic E-state index is 0.114. The molecule has 0 atom stereocenters. The van der Waals surface area contributed by atoms with Gasteiger partial charge in [-0.3, -0.25) is 19.4 Å². The molecule has 2 fully saturated rings. The molecule has 3 rings (SSSR count). The van der Waals surface area contributed by atoms with Gasteiger partial charge in [0.15, 0.2) is 0 Å². The molecular weight excluding hydrogens is 328 g/mol. The number of rotatable bonds is 5. The minimum Gasteiger partial charge on any atom is -0.352 e. The Balaban J connectivity index is 1.34. The van der Waals surface area contributed by atoms with Crippen LogP contribution in [-0.4, -0.2) is 78.4 Å². The minimum atomic E-state index is 0.114. The maximum absolute atomic E-state index is 12.3. The van der Waals surface area contributed by atoms with Crippen LogP contribution >= 0.6 is 0 Å². The fraction of sp³-hybridized carbons (Fsp3) is 0.600. The molecule has 2 amide bonds. The van der Waals surface area contributed by atoms with Gasteiger partial charge in [0.2, 0.25) is 11.8 Å². The second-order valence-corrected chi connectivity index (χ2v) is 7.39. The van der Waals surface area contributed by atoms with Gasteiger partial charge in [0.05, 0.1) is 6.54 Å². The second kappa shape index (κ2) is 9.14. The molecule has 26 heavy (non-hydrogen) atoms. The molecule has 0 aromatic heterocycles. The van der Waals surface area contributed by atoms with E-state index in [0.717, 1.165) is 58.7 Å². The Morgan fingerprint density at radius 2 is 1.62 bits per heavy atom. The summed E-state index contributed by atoms with van der Waals surface area (Å²) in [5.41, 5.74) is 1.35. The highest BCUT2D eigenvalue weighted by atomic mass is 16.2. The lowest BCUT2D eigenvalue weighted by Gasteiger charge is -2.35. The highest BCUT2D eigenvalue weighted by molar-refractivity contribution is 5.78. The van der Waals surface area contributed by atoms with Crippen LogP contribution in [0.5, 0.6) is 0 Å². The molecule has 0 bridgehead atoms. The van der Waals surface area contributed by atoms with E-state index in [2.05, 4.69) is 39.4 Å². The first-order valence-electron chi connectivity index (χ1n) is 9.63. The molecule has 0 aliphatic carbocycles. The van der Waals surface area contributed by atoms with Gasteiger partial charge in [0.1, 0.15) is 0 Å². The summed E-state index contributed by atoms with van der Waals surface area (Å²) in [6.07, 6.45) is 2.02. The first-order chi connectivity index (χ1) is 12.6. The molecule has 0 saturated carbocycles. The molecule has 1 N–H and O–H groups in total. The number of carbonyl (C=O) groups is 2. The van der Waals surface area contributed by atoms with Gasteiger partial charge in [-0.15, -0.1) is 0 Å². The third-order valence-corrected chi connectivity index (χ3v) is 5.39. The number of piperazine rings is 1. The van der Waals surface area contributed by atoms with Crippen LogP contribution in [0, 0.1) is 0 Å². The molecule has 2 aliphatic heterocycles. The standard InChI is InChI=1S/C20H30N4O2/c1-17(25)24-13-11-23(12-14-24)16-20(26)21-19-7-9-22(10-8-19)15-18-5-3-2-4-6-18/h2-6,19H,7-16H2,1H3,(H,21,26). The molecule has 2 aliphatic rings. The van der Waals surface area contributed by atoms with E-state index < -0.39 is 0 Å². The second-order valence-electron chi connectivity index (χ2n) is 7.39. The number of piperidine rings is 1. The van der Waals surface area contributed by atoms with E-state index in [-0.39, 0.29) is 17.9 Å². The lowest BCUT2D eigenvalue weighted by Crippen LogP contribution is -2.52. The fourth-order valence-corrected chi connectivity index (χ4v) is 3.77. The summed E-state index contributed by atoms with van der Waals surface area (Å²) >= 11 is 0. The van der Waals surface area contributed by atoms with Crippen LogP contribution in [0.4, 0.5) is 0 Å². The van der Waals surface area contributed by atoms with Gasteiger partial charge in [-0.2, -0.15) is 0 Å². The van der Waals surface area contributed by atoms with Crippen molar-refractivity contribution in [1.82, 2.24) is 20.0 Å². The lowest BCUT2D eigenvalue weighted by molar-refractivity contribution is -0.131. The van der Waals surface area contributed by atoms with E-state index >= 15 is 0 Å². The summed E-state index contributed by atoms with van der Waals surface area (Å²) in [4.78, 5) is 30.1. The maximum atomic E-state index is 12.3. The molecule has 142 valence electrons. The Bertz CT molecular complexity index is 591. The molecule has 1 aromatic carbocycles. The molecule has 6 heteroatoms. The van der Waals surface area contributed by atoms with Crippen molar-refractivity contribution in [3.63, 3.8) is 0 Å². The van der Waals surface area contributed by atoms with Crippen LogP contribution in [0.2, 0.25) is 0 Å². The quantitative estimate of drug-likeness (QED) is 0.851. The zero-order valence-electron chi connectivity index (χ0n) is 15.7. The Labute approximate surface area is 156 Å². The van der Waals surface area contributed by atoms with Gasteiger partial charge in [0.25, 0.3) is 0 Å². The first kappa shape index (κ1) is 18.9. The van der Waals surface area contributed by atoms with Gasteiger partial charge >= 0.3 is 0 Å². The predicted molar refractivity (Wildman–Crippen MR) is 102 cm³/mol. The maximum Gasteiger partial charge on any atom is 0.234 e. The average molecular weight is 358 g/mol. The molecule has 6 nitrogen and oxygen atoms in total. The third kappa shape index (κ3) is 5.54. The summed E-state index contributed by atoms with van der Waals surface area (Å²) in [6, 6.07) is 10.8. The van der Waals surface area contributed by atoms with Crippen molar-refractivity contribution in [1.29, 1.82) is 0 Å².